The largest absolute Gasteiger partial charge is 0.481 e. The summed E-state index contributed by atoms with van der Waals surface area (Å²) in [5.74, 6) is 0.443. The van der Waals surface area contributed by atoms with Gasteiger partial charge in [-0.15, -0.1) is 0 Å². The van der Waals surface area contributed by atoms with Crippen LogP contribution >= 0.6 is 0 Å². The van der Waals surface area contributed by atoms with Crippen LogP contribution in [-0.2, 0) is 14.3 Å². The Labute approximate surface area is 118 Å². The van der Waals surface area contributed by atoms with Gasteiger partial charge in [0.05, 0.1) is 19.1 Å². The molecule has 1 heterocycles. The summed E-state index contributed by atoms with van der Waals surface area (Å²) in [7, 11) is 0. The van der Waals surface area contributed by atoms with Gasteiger partial charge in [-0.25, -0.2) is 0 Å². The van der Waals surface area contributed by atoms with Gasteiger partial charge in [0.25, 0.3) is 0 Å². The van der Waals surface area contributed by atoms with Gasteiger partial charge >= 0.3 is 5.97 Å². The first kappa shape index (κ1) is 13.6. The molecule has 5 nitrogen and oxygen atoms in total. The molecule has 0 aromatic rings. The maximum atomic E-state index is 12.4. The highest BCUT2D eigenvalue weighted by Crippen LogP contribution is 2.48. The van der Waals surface area contributed by atoms with Crippen LogP contribution in [0.4, 0.5) is 0 Å². The Morgan fingerprint density at radius 2 is 1.85 bits per heavy atom. The quantitative estimate of drug-likeness (QED) is 0.773. The topological polar surface area (TPSA) is 66.8 Å². The van der Waals surface area contributed by atoms with E-state index >= 15 is 0 Å². The maximum Gasteiger partial charge on any atom is 0.306 e. The van der Waals surface area contributed by atoms with Crippen LogP contribution in [0.15, 0.2) is 11.6 Å². The molecular weight excluding hydrogens is 258 g/mol. The first-order valence-corrected chi connectivity index (χ1v) is 7.47. The Balaban J connectivity index is 1.61. The van der Waals surface area contributed by atoms with Gasteiger partial charge < -0.3 is 14.7 Å². The fourth-order valence-corrected chi connectivity index (χ4v) is 2.87. The molecule has 110 valence electrons. The highest BCUT2D eigenvalue weighted by molar-refractivity contribution is 5.88. The Hall–Kier alpha value is -1.36. The van der Waals surface area contributed by atoms with Gasteiger partial charge in [0.15, 0.2) is 0 Å². The van der Waals surface area contributed by atoms with E-state index in [0.29, 0.717) is 31.5 Å². The number of allylic oxidation sites excluding steroid dienone is 1. The molecule has 3 rings (SSSR count). The second-order valence-corrected chi connectivity index (χ2v) is 6.07. The van der Waals surface area contributed by atoms with Crippen molar-refractivity contribution in [2.45, 2.75) is 38.2 Å². The molecule has 2 aliphatic carbocycles. The monoisotopic (exact) mass is 279 g/mol. The summed E-state index contributed by atoms with van der Waals surface area (Å²) in [4.78, 5) is 24.8. The average molecular weight is 279 g/mol. The second-order valence-electron chi connectivity index (χ2n) is 6.07. The summed E-state index contributed by atoms with van der Waals surface area (Å²) in [6.07, 6.45) is 6.31. The number of ether oxygens (including phenoxy) is 1. The number of rotatable bonds is 5. The summed E-state index contributed by atoms with van der Waals surface area (Å²) < 4.78 is 5.40. The van der Waals surface area contributed by atoms with E-state index in [4.69, 9.17) is 9.84 Å². The van der Waals surface area contributed by atoms with Crippen molar-refractivity contribution in [3.05, 3.63) is 11.6 Å². The first-order chi connectivity index (χ1) is 9.63. The van der Waals surface area contributed by atoms with Crippen molar-refractivity contribution in [1.29, 1.82) is 0 Å². The summed E-state index contributed by atoms with van der Waals surface area (Å²) in [5.41, 5.74) is 1.34. The lowest BCUT2D eigenvalue weighted by atomic mass is 10.1. The molecule has 5 heteroatoms. The van der Waals surface area contributed by atoms with Crippen LogP contribution in [0.2, 0.25) is 0 Å². The van der Waals surface area contributed by atoms with Crippen molar-refractivity contribution < 1.29 is 19.4 Å². The molecule has 0 unspecified atom stereocenters. The molecule has 0 bridgehead atoms. The second kappa shape index (κ2) is 5.56. The third-order valence-corrected chi connectivity index (χ3v) is 4.24. The predicted octanol–water partition coefficient (Wildman–Crippen LogP) is 1.43. The number of morpholine rings is 1. The van der Waals surface area contributed by atoms with Gasteiger partial charge in [-0.1, -0.05) is 5.57 Å². The highest BCUT2D eigenvalue weighted by Gasteiger charge is 2.37. The lowest BCUT2D eigenvalue weighted by Gasteiger charge is -2.31. The highest BCUT2D eigenvalue weighted by atomic mass is 16.5. The minimum atomic E-state index is -0.878. The summed E-state index contributed by atoms with van der Waals surface area (Å²) in [6.45, 7) is 1.39. The molecule has 1 aliphatic heterocycles. The van der Waals surface area contributed by atoms with Gasteiger partial charge in [-0.3, -0.25) is 9.59 Å². The SMILES string of the molecule is O=C(O)C[C@H]1CN(C(=O)C=C(C2CC2)C2CC2)CCO1. The molecule has 20 heavy (non-hydrogen) atoms. The predicted molar refractivity (Wildman–Crippen MR) is 72.1 cm³/mol. The fraction of sp³-hybridized carbons (Fsp3) is 0.733. The Kier molecular flexibility index (Phi) is 3.78. The van der Waals surface area contributed by atoms with Gasteiger partial charge in [-0.05, 0) is 37.5 Å². The van der Waals surface area contributed by atoms with Gasteiger partial charge in [0.1, 0.15) is 0 Å². The van der Waals surface area contributed by atoms with E-state index in [9.17, 15) is 9.59 Å². The number of carbonyl (C=O) groups excluding carboxylic acids is 1. The lowest BCUT2D eigenvalue weighted by molar-refractivity contribution is -0.145. The number of carbonyl (C=O) groups is 2. The number of hydrogen-bond acceptors (Lipinski definition) is 3. The third-order valence-electron chi connectivity index (χ3n) is 4.24. The minimum absolute atomic E-state index is 0.0361. The van der Waals surface area contributed by atoms with Crippen LogP contribution in [0.3, 0.4) is 0 Å². The van der Waals surface area contributed by atoms with Crippen molar-refractivity contribution in [3.63, 3.8) is 0 Å². The lowest BCUT2D eigenvalue weighted by Crippen LogP contribution is -2.45. The Morgan fingerprint density at radius 3 is 2.40 bits per heavy atom. The number of carboxylic acid groups (broad SMARTS) is 1. The Bertz CT molecular complexity index is 423. The van der Waals surface area contributed by atoms with Crippen LogP contribution in [-0.4, -0.2) is 47.7 Å². The van der Waals surface area contributed by atoms with E-state index < -0.39 is 5.97 Å². The Morgan fingerprint density at radius 1 is 1.20 bits per heavy atom. The summed E-state index contributed by atoms with van der Waals surface area (Å²) >= 11 is 0. The van der Waals surface area contributed by atoms with E-state index in [-0.39, 0.29) is 18.4 Å². The molecule has 2 saturated carbocycles. The average Bonchev–Trinajstić information content (AvgIpc) is 3.28. The summed E-state index contributed by atoms with van der Waals surface area (Å²) in [6, 6.07) is 0. The van der Waals surface area contributed by atoms with Crippen LogP contribution in [0, 0.1) is 11.8 Å². The van der Waals surface area contributed by atoms with Gasteiger partial charge in [0.2, 0.25) is 5.91 Å². The van der Waals surface area contributed by atoms with Crippen LogP contribution in [0.1, 0.15) is 32.1 Å². The molecule has 1 saturated heterocycles. The van der Waals surface area contributed by atoms with Crippen LogP contribution in [0.25, 0.3) is 0 Å². The standard InChI is InChI=1S/C15H21NO4/c17-14(8-13(10-1-2-10)11-3-4-11)16-5-6-20-12(9-16)7-15(18)19/h8,10-12H,1-7,9H2,(H,18,19)/t12-/m0/s1. The van der Waals surface area contributed by atoms with Gasteiger partial charge in [0, 0.05) is 19.2 Å². The van der Waals surface area contributed by atoms with Crippen molar-refractivity contribution in [3.8, 4) is 0 Å². The third kappa shape index (κ3) is 3.39. The molecule has 0 aromatic carbocycles. The maximum absolute atomic E-state index is 12.4. The molecular formula is C15H21NO4. The zero-order chi connectivity index (χ0) is 14.1. The minimum Gasteiger partial charge on any atom is -0.481 e. The molecule has 1 atom stereocenters. The van der Waals surface area contributed by atoms with E-state index in [1.165, 1.54) is 31.3 Å². The molecule has 0 aromatic heterocycles. The summed E-state index contributed by atoms with van der Waals surface area (Å²) in [5, 5.41) is 8.80. The number of nitrogens with zero attached hydrogens (tertiary/aromatic N) is 1. The smallest absolute Gasteiger partial charge is 0.306 e. The van der Waals surface area contributed by atoms with Crippen LogP contribution in [0.5, 0.6) is 0 Å². The number of carboxylic acids is 1. The van der Waals surface area contributed by atoms with E-state index in [1.54, 1.807) is 4.90 Å². The number of hydrogen-bond donors (Lipinski definition) is 1. The zero-order valence-corrected chi connectivity index (χ0v) is 11.6. The van der Waals surface area contributed by atoms with Gasteiger partial charge in [-0.2, -0.15) is 0 Å². The number of aliphatic carboxylic acids is 1. The molecule has 1 N–H and O–H groups in total. The molecule has 0 spiro atoms. The molecule has 3 aliphatic rings. The van der Waals surface area contributed by atoms with E-state index in [2.05, 4.69) is 0 Å². The van der Waals surface area contributed by atoms with E-state index in [1.807, 2.05) is 6.08 Å². The fourth-order valence-electron chi connectivity index (χ4n) is 2.87. The van der Waals surface area contributed by atoms with E-state index in [0.717, 1.165) is 0 Å². The number of amides is 1. The van der Waals surface area contributed by atoms with Crippen LogP contribution < -0.4 is 0 Å². The molecule has 0 radical (unpaired) electrons. The molecule has 1 amide bonds. The van der Waals surface area contributed by atoms with Crippen molar-refractivity contribution in [1.82, 2.24) is 4.90 Å². The van der Waals surface area contributed by atoms with Crippen molar-refractivity contribution >= 4 is 11.9 Å². The normalized spacial score (nSPS) is 26.2. The first-order valence-electron chi connectivity index (χ1n) is 7.47. The van der Waals surface area contributed by atoms with Crippen molar-refractivity contribution in [2.75, 3.05) is 19.7 Å². The van der Waals surface area contributed by atoms with Crippen molar-refractivity contribution in [2.24, 2.45) is 11.8 Å². The molecule has 3 fully saturated rings. The zero-order valence-electron chi connectivity index (χ0n) is 11.6.